The monoisotopic (exact) mass is 447 g/mol. The lowest BCUT2D eigenvalue weighted by molar-refractivity contribution is -0.138. The fourth-order valence-corrected chi connectivity index (χ4v) is 4.36. The second-order valence-corrected chi connectivity index (χ2v) is 8.08. The van der Waals surface area contributed by atoms with Gasteiger partial charge in [0.25, 0.3) is 5.91 Å². The lowest BCUT2D eigenvalue weighted by atomic mass is 10.0. The first-order chi connectivity index (χ1) is 14.4. The van der Waals surface area contributed by atoms with Crippen molar-refractivity contribution in [2.24, 2.45) is 0 Å². The van der Waals surface area contributed by atoms with Gasteiger partial charge in [0.2, 0.25) is 5.88 Å². The minimum Gasteiger partial charge on any atom is -0.464 e. The maximum Gasteiger partial charge on any atom is 0.263 e. The van der Waals surface area contributed by atoms with E-state index < -0.39 is 11.9 Å². The van der Waals surface area contributed by atoms with Crippen LogP contribution in [0.1, 0.15) is 26.2 Å². The predicted octanol–water partition coefficient (Wildman–Crippen LogP) is 5.52. The number of benzene rings is 1. The summed E-state index contributed by atoms with van der Waals surface area (Å²) in [5.74, 6) is -0.238. The average Bonchev–Trinajstić information content (AvgIpc) is 2.73. The number of hydrogen-bond acceptors (Lipinski definition) is 4. The lowest BCUT2D eigenvalue weighted by Gasteiger charge is -2.29. The molecule has 3 heterocycles. The molecule has 1 aromatic carbocycles. The predicted molar refractivity (Wildman–Crippen MR) is 115 cm³/mol. The number of carbonyl (C=O) groups is 1. The Morgan fingerprint density at radius 3 is 2.53 bits per heavy atom. The number of rotatable bonds is 4. The highest BCUT2D eigenvalue weighted by atomic mass is 35.5. The van der Waals surface area contributed by atoms with Crippen LogP contribution in [0.15, 0.2) is 36.5 Å². The Balaban J connectivity index is 1.62. The number of likely N-dealkylation sites (tertiary alicyclic amines) is 1. The van der Waals surface area contributed by atoms with E-state index >= 15 is 0 Å². The SMILES string of the molecule is CC(Oc1ccc2c(-c3c(Cl)cc(F)cc3Cl)ccnc2n1)C(=O)N1CCCCC1. The van der Waals surface area contributed by atoms with Crippen LogP contribution >= 0.6 is 23.2 Å². The van der Waals surface area contributed by atoms with Gasteiger partial charge in [-0.15, -0.1) is 0 Å². The Kier molecular flexibility index (Phi) is 6.06. The van der Waals surface area contributed by atoms with E-state index in [1.54, 1.807) is 31.3 Å². The molecule has 4 rings (SSSR count). The molecule has 1 aliphatic heterocycles. The van der Waals surface area contributed by atoms with E-state index in [1.165, 1.54) is 12.1 Å². The van der Waals surface area contributed by atoms with Crippen molar-refractivity contribution >= 4 is 40.1 Å². The van der Waals surface area contributed by atoms with E-state index in [2.05, 4.69) is 9.97 Å². The van der Waals surface area contributed by atoms with Gasteiger partial charge in [0.1, 0.15) is 5.82 Å². The van der Waals surface area contributed by atoms with Gasteiger partial charge in [0, 0.05) is 36.3 Å². The van der Waals surface area contributed by atoms with Gasteiger partial charge in [-0.3, -0.25) is 4.79 Å². The second kappa shape index (κ2) is 8.74. The normalized spacial score (nSPS) is 15.3. The van der Waals surface area contributed by atoms with Gasteiger partial charge in [0.15, 0.2) is 11.8 Å². The molecule has 1 atom stereocenters. The molecule has 0 N–H and O–H groups in total. The Morgan fingerprint density at radius 2 is 1.83 bits per heavy atom. The summed E-state index contributed by atoms with van der Waals surface area (Å²) >= 11 is 12.5. The largest absolute Gasteiger partial charge is 0.464 e. The Bertz CT molecular complexity index is 1080. The molecule has 0 saturated carbocycles. The zero-order valence-electron chi connectivity index (χ0n) is 16.4. The molecule has 0 bridgehead atoms. The molecular weight excluding hydrogens is 428 g/mol. The number of carbonyl (C=O) groups excluding carboxylic acids is 1. The van der Waals surface area contributed by atoms with E-state index in [-0.39, 0.29) is 16.0 Å². The van der Waals surface area contributed by atoms with Crippen molar-refractivity contribution in [3.05, 3.63) is 52.4 Å². The third kappa shape index (κ3) is 4.20. The molecule has 1 saturated heterocycles. The van der Waals surface area contributed by atoms with E-state index in [4.69, 9.17) is 27.9 Å². The summed E-state index contributed by atoms with van der Waals surface area (Å²) in [5.41, 5.74) is 1.61. The van der Waals surface area contributed by atoms with Gasteiger partial charge >= 0.3 is 0 Å². The first-order valence-corrected chi connectivity index (χ1v) is 10.6. The molecule has 1 fully saturated rings. The first-order valence-electron chi connectivity index (χ1n) is 9.80. The summed E-state index contributed by atoms with van der Waals surface area (Å²) < 4.78 is 19.4. The summed E-state index contributed by atoms with van der Waals surface area (Å²) in [7, 11) is 0. The molecule has 156 valence electrons. The zero-order chi connectivity index (χ0) is 21.3. The maximum absolute atomic E-state index is 13.6. The van der Waals surface area contributed by atoms with Gasteiger partial charge in [-0.05, 0) is 56.0 Å². The maximum atomic E-state index is 13.6. The van der Waals surface area contributed by atoms with Crippen LogP contribution in [0.2, 0.25) is 10.0 Å². The molecular formula is C22H20Cl2FN3O2. The molecule has 5 nitrogen and oxygen atoms in total. The quantitative estimate of drug-likeness (QED) is 0.527. The molecule has 1 aliphatic rings. The van der Waals surface area contributed by atoms with Crippen molar-refractivity contribution in [3.63, 3.8) is 0 Å². The van der Waals surface area contributed by atoms with E-state index in [9.17, 15) is 9.18 Å². The fraction of sp³-hybridized carbons (Fsp3) is 0.318. The third-order valence-electron chi connectivity index (χ3n) is 5.17. The molecule has 2 aromatic heterocycles. The minimum absolute atomic E-state index is 0.0387. The second-order valence-electron chi connectivity index (χ2n) is 7.27. The van der Waals surface area contributed by atoms with Gasteiger partial charge in [-0.1, -0.05) is 23.2 Å². The highest BCUT2D eigenvalue weighted by Gasteiger charge is 2.24. The van der Waals surface area contributed by atoms with Crippen molar-refractivity contribution in [2.45, 2.75) is 32.3 Å². The van der Waals surface area contributed by atoms with E-state index in [1.807, 2.05) is 4.90 Å². The molecule has 1 unspecified atom stereocenters. The molecule has 0 aliphatic carbocycles. The van der Waals surface area contributed by atoms with Crippen molar-refractivity contribution in [1.82, 2.24) is 14.9 Å². The standard InChI is InChI=1S/C22H20Cl2FN3O2/c1-13(22(29)28-9-3-2-4-10-28)30-19-6-5-16-15(7-8-26-21(16)27-19)20-17(23)11-14(25)12-18(20)24/h5-8,11-13H,2-4,9-10H2,1H3. The Hall–Kier alpha value is -2.44. The lowest BCUT2D eigenvalue weighted by Crippen LogP contribution is -2.43. The third-order valence-corrected chi connectivity index (χ3v) is 5.76. The van der Waals surface area contributed by atoms with Crippen LogP contribution in [-0.2, 0) is 4.79 Å². The molecule has 8 heteroatoms. The van der Waals surface area contributed by atoms with Gasteiger partial charge in [-0.2, -0.15) is 4.98 Å². The highest BCUT2D eigenvalue weighted by Crippen LogP contribution is 2.38. The van der Waals surface area contributed by atoms with Crippen LogP contribution < -0.4 is 4.74 Å². The number of nitrogens with zero attached hydrogens (tertiary/aromatic N) is 3. The van der Waals surface area contributed by atoms with Gasteiger partial charge in [0.05, 0.1) is 10.0 Å². The van der Waals surface area contributed by atoms with E-state index in [0.717, 1.165) is 32.4 Å². The average molecular weight is 448 g/mol. The highest BCUT2D eigenvalue weighted by molar-refractivity contribution is 6.39. The molecule has 3 aromatic rings. The number of ether oxygens (including phenoxy) is 1. The van der Waals surface area contributed by atoms with Crippen molar-refractivity contribution in [2.75, 3.05) is 13.1 Å². The molecule has 1 amide bonds. The summed E-state index contributed by atoms with van der Waals surface area (Å²) in [6, 6.07) is 7.65. The molecule has 30 heavy (non-hydrogen) atoms. The number of fused-ring (bicyclic) bond motifs is 1. The number of halogens is 3. The van der Waals surface area contributed by atoms with Crippen molar-refractivity contribution in [1.29, 1.82) is 0 Å². The van der Waals surface area contributed by atoms with Crippen LogP contribution in [0, 0.1) is 5.82 Å². The summed E-state index contributed by atoms with van der Waals surface area (Å²) in [6.07, 6.45) is 4.13. The van der Waals surface area contributed by atoms with Crippen LogP contribution in [0.5, 0.6) is 5.88 Å². The van der Waals surface area contributed by atoms with Crippen LogP contribution in [0.25, 0.3) is 22.2 Å². The number of amides is 1. The van der Waals surface area contributed by atoms with Gasteiger partial charge < -0.3 is 9.64 Å². The Labute approximate surface area is 183 Å². The van der Waals surface area contributed by atoms with Crippen LogP contribution in [0.4, 0.5) is 4.39 Å². The van der Waals surface area contributed by atoms with Crippen molar-refractivity contribution < 1.29 is 13.9 Å². The summed E-state index contributed by atoms with van der Waals surface area (Å²) in [5, 5.41) is 1.09. The number of hydrogen-bond donors (Lipinski definition) is 0. The topological polar surface area (TPSA) is 55.3 Å². The zero-order valence-corrected chi connectivity index (χ0v) is 17.9. The summed E-state index contributed by atoms with van der Waals surface area (Å²) in [6.45, 7) is 3.26. The number of pyridine rings is 2. The minimum atomic E-state index is -0.641. The number of piperidine rings is 1. The fourth-order valence-electron chi connectivity index (χ4n) is 3.70. The summed E-state index contributed by atoms with van der Waals surface area (Å²) in [4.78, 5) is 23.2. The van der Waals surface area contributed by atoms with Crippen LogP contribution in [0.3, 0.4) is 0 Å². The van der Waals surface area contributed by atoms with Crippen molar-refractivity contribution in [3.8, 4) is 17.0 Å². The Morgan fingerprint density at radius 1 is 1.13 bits per heavy atom. The molecule has 0 radical (unpaired) electrons. The van der Waals surface area contributed by atoms with Gasteiger partial charge in [-0.25, -0.2) is 9.37 Å². The van der Waals surface area contributed by atoms with Crippen LogP contribution in [-0.4, -0.2) is 40.0 Å². The number of aromatic nitrogens is 2. The molecule has 0 spiro atoms. The van der Waals surface area contributed by atoms with E-state index in [0.29, 0.717) is 28.0 Å². The smallest absolute Gasteiger partial charge is 0.263 e. The first kappa shape index (κ1) is 20.8.